The Labute approximate surface area is 107 Å². The van der Waals surface area contributed by atoms with Gasteiger partial charge in [0.25, 0.3) is 0 Å². The third-order valence-corrected chi connectivity index (χ3v) is 4.27. The van der Waals surface area contributed by atoms with Gasteiger partial charge in [-0.2, -0.15) is 0 Å². The van der Waals surface area contributed by atoms with E-state index in [2.05, 4.69) is 50.0 Å². The number of thiazole rings is 1. The molecule has 0 aliphatic carbocycles. The minimum atomic E-state index is 0.496. The van der Waals surface area contributed by atoms with Crippen molar-refractivity contribution in [3.63, 3.8) is 0 Å². The van der Waals surface area contributed by atoms with Crippen molar-refractivity contribution < 1.29 is 0 Å². The molecule has 1 aromatic heterocycles. The van der Waals surface area contributed by atoms with Crippen LogP contribution in [0.25, 0.3) is 10.4 Å². The van der Waals surface area contributed by atoms with Gasteiger partial charge in [-0.25, -0.2) is 4.98 Å². The summed E-state index contributed by atoms with van der Waals surface area (Å²) in [5.74, 6) is 0.496. The smallest absolute Gasteiger partial charge is 0.0959 e. The summed E-state index contributed by atoms with van der Waals surface area (Å²) < 4.78 is 0. The van der Waals surface area contributed by atoms with Crippen molar-refractivity contribution in [3.05, 3.63) is 40.5 Å². The standard InChI is InChI=1S/C14H18N2S/c1-9(2)14-16-10(3)13(17-14)12-6-4-11(8-15)5-7-12/h4-7,9H,8,15H2,1-3H3. The van der Waals surface area contributed by atoms with E-state index in [4.69, 9.17) is 5.73 Å². The summed E-state index contributed by atoms with van der Waals surface area (Å²) in [5.41, 5.74) is 9.13. The van der Waals surface area contributed by atoms with Gasteiger partial charge in [0.05, 0.1) is 15.6 Å². The molecular weight excluding hydrogens is 228 g/mol. The first kappa shape index (κ1) is 12.3. The zero-order chi connectivity index (χ0) is 12.4. The van der Waals surface area contributed by atoms with Crippen molar-refractivity contribution in [1.82, 2.24) is 4.98 Å². The molecule has 2 N–H and O–H groups in total. The topological polar surface area (TPSA) is 38.9 Å². The van der Waals surface area contributed by atoms with E-state index >= 15 is 0 Å². The molecule has 3 heteroatoms. The molecule has 90 valence electrons. The Morgan fingerprint density at radius 2 is 1.88 bits per heavy atom. The lowest BCUT2D eigenvalue weighted by Crippen LogP contribution is -1.95. The van der Waals surface area contributed by atoms with Crippen LogP contribution in [-0.2, 0) is 6.54 Å². The third-order valence-electron chi connectivity index (χ3n) is 2.76. The fourth-order valence-electron chi connectivity index (χ4n) is 1.72. The molecule has 0 saturated carbocycles. The molecule has 1 aromatic carbocycles. The Morgan fingerprint density at radius 3 is 2.35 bits per heavy atom. The molecule has 0 spiro atoms. The average molecular weight is 246 g/mol. The van der Waals surface area contributed by atoms with E-state index in [1.807, 2.05) is 0 Å². The lowest BCUT2D eigenvalue weighted by Gasteiger charge is -2.00. The SMILES string of the molecule is Cc1nc(C(C)C)sc1-c1ccc(CN)cc1. The summed E-state index contributed by atoms with van der Waals surface area (Å²) >= 11 is 1.79. The van der Waals surface area contributed by atoms with Gasteiger partial charge in [-0.15, -0.1) is 11.3 Å². The molecule has 0 aliphatic heterocycles. The molecule has 0 bridgehead atoms. The first-order valence-electron chi connectivity index (χ1n) is 5.88. The van der Waals surface area contributed by atoms with Gasteiger partial charge in [0.2, 0.25) is 0 Å². The van der Waals surface area contributed by atoms with Crippen LogP contribution in [0.4, 0.5) is 0 Å². The van der Waals surface area contributed by atoms with E-state index in [1.54, 1.807) is 11.3 Å². The summed E-state index contributed by atoms with van der Waals surface area (Å²) in [4.78, 5) is 5.90. The molecule has 0 radical (unpaired) electrons. The Morgan fingerprint density at radius 1 is 1.24 bits per heavy atom. The largest absolute Gasteiger partial charge is 0.326 e. The fraction of sp³-hybridized carbons (Fsp3) is 0.357. The van der Waals surface area contributed by atoms with Crippen LogP contribution in [0.15, 0.2) is 24.3 Å². The molecule has 0 amide bonds. The Kier molecular flexibility index (Phi) is 3.60. The molecule has 0 aliphatic rings. The number of benzene rings is 1. The molecular formula is C14H18N2S. The summed E-state index contributed by atoms with van der Waals surface area (Å²) in [6.07, 6.45) is 0. The average Bonchev–Trinajstić information content (AvgIpc) is 2.72. The van der Waals surface area contributed by atoms with Gasteiger partial charge in [-0.05, 0) is 18.1 Å². The van der Waals surface area contributed by atoms with Crippen LogP contribution in [0.3, 0.4) is 0 Å². The predicted molar refractivity (Wildman–Crippen MR) is 74.3 cm³/mol. The van der Waals surface area contributed by atoms with Gasteiger partial charge >= 0.3 is 0 Å². The Hall–Kier alpha value is -1.19. The molecule has 0 atom stereocenters. The van der Waals surface area contributed by atoms with Gasteiger partial charge < -0.3 is 5.73 Å². The van der Waals surface area contributed by atoms with E-state index in [9.17, 15) is 0 Å². The zero-order valence-electron chi connectivity index (χ0n) is 10.5. The summed E-state index contributed by atoms with van der Waals surface area (Å²) in [6.45, 7) is 7.03. The van der Waals surface area contributed by atoms with E-state index < -0.39 is 0 Å². The highest BCUT2D eigenvalue weighted by Crippen LogP contribution is 2.33. The van der Waals surface area contributed by atoms with E-state index in [0.29, 0.717) is 12.5 Å². The molecule has 0 saturated heterocycles. The summed E-state index contributed by atoms with van der Waals surface area (Å²) in [6, 6.07) is 8.44. The van der Waals surface area contributed by atoms with Crippen molar-refractivity contribution in [3.8, 4) is 10.4 Å². The maximum atomic E-state index is 5.60. The Balaban J connectivity index is 2.38. The van der Waals surface area contributed by atoms with Crippen molar-refractivity contribution >= 4 is 11.3 Å². The van der Waals surface area contributed by atoms with Crippen molar-refractivity contribution in [2.45, 2.75) is 33.2 Å². The minimum absolute atomic E-state index is 0.496. The van der Waals surface area contributed by atoms with Crippen LogP contribution >= 0.6 is 11.3 Å². The van der Waals surface area contributed by atoms with Crippen LogP contribution in [0.5, 0.6) is 0 Å². The van der Waals surface area contributed by atoms with Crippen LogP contribution in [-0.4, -0.2) is 4.98 Å². The molecule has 0 unspecified atom stereocenters. The zero-order valence-corrected chi connectivity index (χ0v) is 11.3. The van der Waals surface area contributed by atoms with Crippen LogP contribution in [0, 0.1) is 6.92 Å². The molecule has 2 nitrogen and oxygen atoms in total. The van der Waals surface area contributed by atoms with Gasteiger partial charge in [0, 0.05) is 12.5 Å². The normalized spacial score (nSPS) is 11.1. The Bertz CT molecular complexity index is 497. The number of hydrogen-bond donors (Lipinski definition) is 1. The highest BCUT2D eigenvalue weighted by atomic mass is 32.1. The van der Waals surface area contributed by atoms with E-state index in [-0.39, 0.29) is 0 Å². The number of nitrogens with two attached hydrogens (primary N) is 1. The summed E-state index contributed by atoms with van der Waals surface area (Å²) in [7, 11) is 0. The van der Waals surface area contributed by atoms with Crippen molar-refractivity contribution in [1.29, 1.82) is 0 Å². The number of rotatable bonds is 3. The molecule has 1 heterocycles. The van der Waals surface area contributed by atoms with Gasteiger partial charge in [-0.1, -0.05) is 38.1 Å². The maximum Gasteiger partial charge on any atom is 0.0959 e. The quantitative estimate of drug-likeness (QED) is 0.896. The van der Waals surface area contributed by atoms with Crippen molar-refractivity contribution in [2.24, 2.45) is 5.73 Å². The van der Waals surface area contributed by atoms with Gasteiger partial charge in [-0.3, -0.25) is 0 Å². The molecule has 17 heavy (non-hydrogen) atoms. The molecule has 2 rings (SSSR count). The lowest BCUT2D eigenvalue weighted by molar-refractivity contribution is 0.847. The number of aryl methyl sites for hydroxylation is 1. The minimum Gasteiger partial charge on any atom is -0.326 e. The van der Waals surface area contributed by atoms with Crippen LogP contribution in [0.1, 0.15) is 36.0 Å². The van der Waals surface area contributed by atoms with Crippen LogP contribution < -0.4 is 5.73 Å². The van der Waals surface area contributed by atoms with E-state index in [0.717, 1.165) is 5.69 Å². The number of aromatic nitrogens is 1. The van der Waals surface area contributed by atoms with Crippen LogP contribution in [0.2, 0.25) is 0 Å². The molecule has 2 aromatic rings. The van der Waals surface area contributed by atoms with Gasteiger partial charge in [0.1, 0.15) is 0 Å². The number of nitrogens with zero attached hydrogens (tertiary/aromatic N) is 1. The lowest BCUT2D eigenvalue weighted by atomic mass is 10.1. The fourth-order valence-corrected chi connectivity index (χ4v) is 2.80. The monoisotopic (exact) mass is 246 g/mol. The highest BCUT2D eigenvalue weighted by Gasteiger charge is 2.11. The third kappa shape index (κ3) is 2.56. The maximum absolute atomic E-state index is 5.60. The second kappa shape index (κ2) is 4.98. The predicted octanol–water partition coefficient (Wildman–Crippen LogP) is 3.70. The first-order chi connectivity index (χ1) is 8.11. The second-order valence-corrected chi connectivity index (χ2v) is 5.55. The van der Waals surface area contributed by atoms with Crippen molar-refractivity contribution in [2.75, 3.05) is 0 Å². The highest BCUT2D eigenvalue weighted by molar-refractivity contribution is 7.15. The van der Waals surface area contributed by atoms with E-state index in [1.165, 1.54) is 21.0 Å². The summed E-state index contributed by atoms with van der Waals surface area (Å²) in [5, 5.41) is 1.21. The van der Waals surface area contributed by atoms with Gasteiger partial charge in [0.15, 0.2) is 0 Å². The number of hydrogen-bond acceptors (Lipinski definition) is 3. The first-order valence-corrected chi connectivity index (χ1v) is 6.70. The second-order valence-electron chi connectivity index (χ2n) is 4.52. The molecule has 0 fully saturated rings.